The van der Waals surface area contributed by atoms with Crippen molar-refractivity contribution in [2.75, 3.05) is 0 Å². The largest absolute Gasteiger partial charge is 0.483 e. The zero-order chi connectivity index (χ0) is 18.8. The van der Waals surface area contributed by atoms with Gasteiger partial charge in [-0.1, -0.05) is 42.6 Å². The molecule has 0 spiro atoms. The van der Waals surface area contributed by atoms with Crippen molar-refractivity contribution in [2.45, 2.75) is 32.9 Å². The van der Waals surface area contributed by atoms with Gasteiger partial charge < -0.3 is 9.30 Å². The number of nitrogens with one attached hydrogen (secondary N) is 1. The molecule has 0 aliphatic rings. The number of hydrogen-bond donors (Lipinski definition) is 1. The third-order valence-corrected chi connectivity index (χ3v) is 4.70. The van der Waals surface area contributed by atoms with E-state index in [0.29, 0.717) is 39.3 Å². The van der Waals surface area contributed by atoms with E-state index in [0.717, 1.165) is 12.8 Å². The van der Waals surface area contributed by atoms with Crippen molar-refractivity contribution in [3.63, 3.8) is 0 Å². The number of ether oxygens (including phenoxy) is 1. The summed E-state index contributed by atoms with van der Waals surface area (Å²) in [6.45, 7) is 2.56. The molecule has 1 N–H and O–H groups in total. The van der Waals surface area contributed by atoms with Gasteiger partial charge in [0.05, 0.1) is 10.0 Å². The predicted octanol–water partition coefficient (Wildman–Crippen LogP) is 3.11. The van der Waals surface area contributed by atoms with Crippen LogP contribution < -0.4 is 16.0 Å². The molecule has 0 atom stereocenters. The van der Waals surface area contributed by atoms with Crippen molar-refractivity contribution >= 4 is 34.4 Å². The highest BCUT2D eigenvalue weighted by Crippen LogP contribution is 2.32. The quantitative estimate of drug-likeness (QED) is 0.693. The van der Waals surface area contributed by atoms with Gasteiger partial charge in [0.25, 0.3) is 5.56 Å². The summed E-state index contributed by atoms with van der Waals surface area (Å²) >= 11 is 12.2. The molecule has 0 fully saturated rings. The van der Waals surface area contributed by atoms with E-state index in [1.807, 2.05) is 6.92 Å². The van der Waals surface area contributed by atoms with Gasteiger partial charge in [0.2, 0.25) is 0 Å². The van der Waals surface area contributed by atoms with Gasteiger partial charge in [0.15, 0.2) is 16.9 Å². The summed E-state index contributed by atoms with van der Waals surface area (Å²) in [4.78, 5) is 31.2. The van der Waals surface area contributed by atoms with E-state index in [4.69, 9.17) is 27.9 Å². The van der Waals surface area contributed by atoms with Crippen LogP contribution in [-0.4, -0.2) is 19.1 Å². The van der Waals surface area contributed by atoms with Crippen LogP contribution in [0.4, 0.5) is 0 Å². The molecule has 7 nitrogen and oxygen atoms in total. The molecule has 0 radical (unpaired) electrons. The first kappa shape index (κ1) is 18.5. The maximum atomic E-state index is 12.2. The number of aromatic amines is 1. The summed E-state index contributed by atoms with van der Waals surface area (Å²) < 4.78 is 8.80. The first-order valence-electron chi connectivity index (χ1n) is 8.19. The van der Waals surface area contributed by atoms with Crippen LogP contribution in [0.3, 0.4) is 0 Å². The van der Waals surface area contributed by atoms with Crippen LogP contribution in [0.5, 0.6) is 5.75 Å². The third-order valence-electron chi connectivity index (χ3n) is 4.11. The number of halogens is 2. The second-order valence-corrected chi connectivity index (χ2v) is 6.68. The molecular weight excluding hydrogens is 379 g/mol. The van der Waals surface area contributed by atoms with E-state index < -0.39 is 11.2 Å². The van der Waals surface area contributed by atoms with Gasteiger partial charge in [-0.15, -0.1) is 0 Å². The van der Waals surface area contributed by atoms with Gasteiger partial charge in [0, 0.05) is 13.6 Å². The normalized spacial score (nSPS) is 11.2. The summed E-state index contributed by atoms with van der Waals surface area (Å²) in [7, 11) is 1.70. The van der Waals surface area contributed by atoms with E-state index in [2.05, 4.69) is 9.97 Å². The van der Waals surface area contributed by atoms with E-state index in [-0.39, 0.29) is 6.61 Å². The molecule has 1 aromatic carbocycles. The van der Waals surface area contributed by atoms with E-state index in [1.165, 1.54) is 4.57 Å². The number of imidazole rings is 1. The number of benzene rings is 1. The van der Waals surface area contributed by atoms with Crippen LogP contribution in [0.25, 0.3) is 11.2 Å². The zero-order valence-electron chi connectivity index (χ0n) is 14.4. The number of fused-ring (bicyclic) bond motifs is 1. The van der Waals surface area contributed by atoms with Gasteiger partial charge >= 0.3 is 5.69 Å². The Bertz CT molecular complexity index is 1050. The SMILES string of the molecule is CCCCn1c(=O)[nH]c(=O)c2c1nc(COc1c(Cl)cccc1Cl)n2C. The van der Waals surface area contributed by atoms with Gasteiger partial charge in [-0.05, 0) is 18.6 Å². The minimum atomic E-state index is -0.477. The summed E-state index contributed by atoms with van der Waals surface area (Å²) in [6, 6.07) is 5.06. The fourth-order valence-electron chi connectivity index (χ4n) is 2.70. The number of aryl methyl sites for hydroxylation is 2. The smallest absolute Gasteiger partial charge is 0.330 e. The fraction of sp³-hybridized carbons (Fsp3) is 0.353. The molecule has 0 saturated carbocycles. The Labute approximate surface area is 159 Å². The van der Waals surface area contributed by atoms with Crippen LogP contribution in [0.15, 0.2) is 27.8 Å². The molecule has 0 bridgehead atoms. The van der Waals surface area contributed by atoms with Crippen LogP contribution in [0.1, 0.15) is 25.6 Å². The highest BCUT2D eigenvalue weighted by molar-refractivity contribution is 6.37. The number of nitrogens with zero attached hydrogens (tertiary/aromatic N) is 3. The molecular formula is C17H18Cl2N4O3. The number of para-hydroxylation sites is 1. The van der Waals surface area contributed by atoms with Gasteiger partial charge in [-0.25, -0.2) is 9.78 Å². The Morgan fingerprint density at radius 2 is 1.92 bits per heavy atom. The van der Waals surface area contributed by atoms with Gasteiger partial charge in [-0.2, -0.15) is 0 Å². The summed E-state index contributed by atoms with van der Waals surface area (Å²) in [6.07, 6.45) is 1.72. The van der Waals surface area contributed by atoms with E-state index in [9.17, 15) is 9.59 Å². The molecule has 0 saturated heterocycles. The topological polar surface area (TPSA) is 81.9 Å². The van der Waals surface area contributed by atoms with Gasteiger partial charge in [-0.3, -0.25) is 14.3 Å². The molecule has 2 aromatic heterocycles. The van der Waals surface area contributed by atoms with Crippen LogP contribution in [0.2, 0.25) is 10.0 Å². The summed E-state index contributed by atoms with van der Waals surface area (Å²) in [5, 5.41) is 0.767. The maximum absolute atomic E-state index is 12.2. The van der Waals surface area contributed by atoms with Crippen LogP contribution >= 0.6 is 23.2 Å². The third kappa shape index (κ3) is 3.37. The Hall–Kier alpha value is -2.25. The van der Waals surface area contributed by atoms with Crippen LogP contribution in [-0.2, 0) is 20.2 Å². The molecule has 9 heteroatoms. The van der Waals surface area contributed by atoms with Crippen LogP contribution in [0, 0.1) is 0 Å². The number of hydrogen-bond acceptors (Lipinski definition) is 4. The average molecular weight is 397 g/mol. The Morgan fingerprint density at radius 3 is 2.58 bits per heavy atom. The summed E-state index contributed by atoms with van der Waals surface area (Å²) in [5.74, 6) is 0.831. The lowest BCUT2D eigenvalue weighted by Gasteiger charge is -2.09. The maximum Gasteiger partial charge on any atom is 0.330 e. The number of unbranched alkanes of at least 4 members (excludes halogenated alkanes) is 1. The molecule has 0 amide bonds. The van der Waals surface area contributed by atoms with Crippen molar-refractivity contribution in [3.8, 4) is 5.75 Å². The Kier molecular flexibility index (Phi) is 5.38. The average Bonchev–Trinajstić information content (AvgIpc) is 2.91. The lowest BCUT2D eigenvalue weighted by molar-refractivity contribution is 0.293. The summed E-state index contributed by atoms with van der Waals surface area (Å²) in [5.41, 5.74) is -0.270. The standard InChI is InChI=1S/C17H18Cl2N4O3/c1-3-4-8-23-15-13(16(24)21-17(23)25)22(2)12(20-15)9-26-14-10(18)6-5-7-11(14)19/h5-7H,3-4,8-9H2,1-2H3,(H,21,24,25). The van der Waals surface area contributed by atoms with Crippen molar-refractivity contribution < 1.29 is 4.74 Å². The molecule has 0 unspecified atom stereocenters. The highest BCUT2D eigenvalue weighted by atomic mass is 35.5. The van der Waals surface area contributed by atoms with Gasteiger partial charge in [0.1, 0.15) is 12.4 Å². The first-order valence-corrected chi connectivity index (χ1v) is 8.94. The molecule has 3 aromatic rings. The van der Waals surface area contributed by atoms with Crippen molar-refractivity contribution in [1.82, 2.24) is 19.1 Å². The number of rotatable bonds is 6. The molecule has 0 aliphatic carbocycles. The second kappa shape index (κ2) is 7.55. The fourth-order valence-corrected chi connectivity index (χ4v) is 3.21. The van der Waals surface area contributed by atoms with Crippen molar-refractivity contribution in [1.29, 1.82) is 0 Å². The van der Waals surface area contributed by atoms with E-state index >= 15 is 0 Å². The minimum Gasteiger partial charge on any atom is -0.483 e. The van der Waals surface area contributed by atoms with Crippen molar-refractivity contribution in [2.24, 2.45) is 7.05 Å². The minimum absolute atomic E-state index is 0.0516. The molecule has 26 heavy (non-hydrogen) atoms. The lowest BCUT2D eigenvalue weighted by Crippen LogP contribution is -2.31. The molecule has 0 aliphatic heterocycles. The molecule has 3 rings (SSSR count). The molecule has 138 valence electrons. The second-order valence-electron chi connectivity index (χ2n) is 5.86. The Balaban J connectivity index is 2.02. The van der Waals surface area contributed by atoms with Crippen molar-refractivity contribution in [3.05, 3.63) is 54.9 Å². The Morgan fingerprint density at radius 1 is 1.23 bits per heavy atom. The number of aromatic nitrogens is 4. The highest BCUT2D eigenvalue weighted by Gasteiger charge is 2.17. The first-order chi connectivity index (χ1) is 12.4. The predicted molar refractivity (Wildman–Crippen MR) is 101 cm³/mol. The number of H-pyrrole nitrogens is 1. The zero-order valence-corrected chi connectivity index (χ0v) is 15.9. The lowest BCUT2D eigenvalue weighted by atomic mass is 10.3. The van der Waals surface area contributed by atoms with E-state index in [1.54, 1.807) is 29.8 Å². The monoisotopic (exact) mass is 396 g/mol. The molecule has 2 heterocycles.